The summed E-state index contributed by atoms with van der Waals surface area (Å²) < 4.78 is 5.71. The van der Waals surface area contributed by atoms with Gasteiger partial charge in [-0.25, -0.2) is 0 Å². The van der Waals surface area contributed by atoms with E-state index in [0.29, 0.717) is 6.01 Å². The van der Waals surface area contributed by atoms with Crippen LogP contribution in [0.5, 0.6) is 11.8 Å². The number of para-hydroxylation sites is 2. The first-order valence-electron chi connectivity index (χ1n) is 6.21. The molecular formula is C15H15N3O. The van der Waals surface area contributed by atoms with Crippen LogP contribution in [0.1, 0.15) is 5.56 Å². The van der Waals surface area contributed by atoms with Crippen LogP contribution in [0.2, 0.25) is 0 Å². The molecule has 0 saturated carbocycles. The van der Waals surface area contributed by atoms with Crippen molar-refractivity contribution in [1.29, 1.82) is 0 Å². The van der Waals surface area contributed by atoms with Crippen LogP contribution in [0.4, 0.5) is 0 Å². The number of nitrogens with one attached hydrogen (secondary N) is 2. The van der Waals surface area contributed by atoms with Gasteiger partial charge in [0.2, 0.25) is 0 Å². The Labute approximate surface area is 111 Å². The molecule has 0 atom stereocenters. The molecule has 4 nitrogen and oxygen atoms in total. The third-order valence-electron chi connectivity index (χ3n) is 2.89. The highest BCUT2D eigenvalue weighted by Crippen LogP contribution is 2.21. The van der Waals surface area contributed by atoms with Crippen molar-refractivity contribution in [3.05, 3.63) is 54.1 Å². The van der Waals surface area contributed by atoms with Crippen molar-refractivity contribution in [2.75, 3.05) is 7.05 Å². The van der Waals surface area contributed by atoms with Crippen LogP contribution in [-0.4, -0.2) is 17.0 Å². The lowest BCUT2D eigenvalue weighted by molar-refractivity contribution is 0.449. The lowest BCUT2D eigenvalue weighted by Crippen LogP contribution is -2.04. The summed E-state index contributed by atoms with van der Waals surface area (Å²) in [6.45, 7) is 0.852. The van der Waals surface area contributed by atoms with Crippen molar-refractivity contribution >= 4 is 11.0 Å². The van der Waals surface area contributed by atoms with E-state index >= 15 is 0 Å². The quantitative estimate of drug-likeness (QED) is 0.751. The zero-order chi connectivity index (χ0) is 13.1. The SMILES string of the molecule is CNCc1ccc(Oc2nc3ccccc3[nH]2)cc1. The number of nitrogens with zero attached hydrogens (tertiary/aromatic N) is 1. The van der Waals surface area contributed by atoms with Gasteiger partial charge in [0.05, 0.1) is 11.0 Å². The first-order valence-corrected chi connectivity index (χ1v) is 6.21. The van der Waals surface area contributed by atoms with Crippen molar-refractivity contribution in [2.45, 2.75) is 6.54 Å². The zero-order valence-electron chi connectivity index (χ0n) is 10.7. The van der Waals surface area contributed by atoms with E-state index in [4.69, 9.17) is 4.74 Å². The number of fused-ring (bicyclic) bond motifs is 1. The smallest absolute Gasteiger partial charge is 0.300 e. The van der Waals surface area contributed by atoms with Crippen LogP contribution >= 0.6 is 0 Å². The minimum atomic E-state index is 0.516. The van der Waals surface area contributed by atoms with E-state index in [1.807, 2.05) is 55.6 Å². The average molecular weight is 253 g/mol. The van der Waals surface area contributed by atoms with Gasteiger partial charge >= 0.3 is 0 Å². The van der Waals surface area contributed by atoms with Gasteiger partial charge in [-0.05, 0) is 36.9 Å². The van der Waals surface area contributed by atoms with Gasteiger partial charge in [-0.15, -0.1) is 0 Å². The number of aromatic amines is 1. The van der Waals surface area contributed by atoms with E-state index in [2.05, 4.69) is 15.3 Å². The monoisotopic (exact) mass is 253 g/mol. The molecular weight excluding hydrogens is 238 g/mol. The van der Waals surface area contributed by atoms with Gasteiger partial charge in [-0.2, -0.15) is 4.98 Å². The molecule has 0 amide bonds. The molecule has 0 saturated heterocycles. The summed E-state index contributed by atoms with van der Waals surface area (Å²) in [5, 5.41) is 3.11. The van der Waals surface area contributed by atoms with Crippen molar-refractivity contribution < 1.29 is 4.74 Å². The minimum absolute atomic E-state index is 0.516. The fraction of sp³-hybridized carbons (Fsp3) is 0.133. The summed E-state index contributed by atoms with van der Waals surface area (Å²) in [7, 11) is 1.93. The Balaban J connectivity index is 1.80. The van der Waals surface area contributed by atoms with Gasteiger partial charge in [0.1, 0.15) is 5.75 Å². The summed E-state index contributed by atoms with van der Waals surface area (Å²) in [6.07, 6.45) is 0. The van der Waals surface area contributed by atoms with Crippen molar-refractivity contribution in [2.24, 2.45) is 0 Å². The van der Waals surface area contributed by atoms with Gasteiger partial charge < -0.3 is 15.0 Å². The van der Waals surface area contributed by atoms with Crippen LogP contribution in [-0.2, 0) is 6.54 Å². The number of imidazole rings is 1. The van der Waals surface area contributed by atoms with Crippen LogP contribution in [0, 0.1) is 0 Å². The molecule has 0 bridgehead atoms. The largest absolute Gasteiger partial charge is 0.426 e. The van der Waals surface area contributed by atoms with Gasteiger partial charge in [-0.3, -0.25) is 0 Å². The van der Waals surface area contributed by atoms with E-state index in [0.717, 1.165) is 23.3 Å². The lowest BCUT2D eigenvalue weighted by atomic mass is 10.2. The molecule has 0 unspecified atom stereocenters. The number of hydrogen-bond donors (Lipinski definition) is 2. The fourth-order valence-corrected chi connectivity index (χ4v) is 1.97. The van der Waals surface area contributed by atoms with Gasteiger partial charge in [0, 0.05) is 6.54 Å². The minimum Gasteiger partial charge on any atom is -0.426 e. The Kier molecular flexibility index (Phi) is 3.16. The summed E-state index contributed by atoms with van der Waals surface area (Å²) in [5.41, 5.74) is 3.10. The molecule has 96 valence electrons. The molecule has 1 aromatic heterocycles. The lowest BCUT2D eigenvalue weighted by Gasteiger charge is -2.03. The molecule has 3 rings (SSSR count). The second-order valence-corrected chi connectivity index (χ2v) is 4.34. The predicted octanol–water partition coefficient (Wildman–Crippen LogP) is 3.07. The molecule has 0 radical (unpaired) electrons. The van der Waals surface area contributed by atoms with E-state index < -0.39 is 0 Å². The molecule has 2 aromatic carbocycles. The van der Waals surface area contributed by atoms with Gasteiger partial charge in [-0.1, -0.05) is 24.3 Å². The maximum atomic E-state index is 5.71. The highest BCUT2D eigenvalue weighted by atomic mass is 16.5. The van der Waals surface area contributed by atoms with E-state index in [-0.39, 0.29) is 0 Å². The molecule has 3 aromatic rings. The molecule has 0 aliphatic rings. The number of rotatable bonds is 4. The first kappa shape index (κ1) is 11.7. The fourth-order valence-electron chi connectivity index (χ4n) is 1.97. The highest BCUT2D eigenvalue weighted by molar-refractivity contribution is 5.75. The molecule has 2 N–H and O–H groups in total. The van der Waals surface area contributed by atoms with E-state index in [1.54, 1.807) is 0 Å². The molecule has 19 heavy (non-hydrogen) atoms. The third kappa shape index (κ3) is 2.58. The number of hydrogen-bond acceptors (Lipinski definition) is 3. The number of benzene rings is 2. The number of aromatic nitrogens is 2. The normalized spacial score (nSPS) is 10.8. The Hall–Kier alpha value is -2.33. The maximum absolute atomic E-state index is 5.71. The molecule has 1 heterocycles. The average Bonchev–Trinajstić information content (AvgIpc) is 2.83. The third-order valence-corrected chi connectivity index (χ3v) is 2.89. The van der Waals surface area contributed by atoms with Crippen molar-refractivity contribution in [1.82, 2.24) is 15.3 Å². The van der Waals surface area contributed by atoms with Gasteiger partial charge in [0.15, 0.2) is 0 Å². The molecule has 4 heteroatoms. The maximum Gasteiger partial charge on any atom is 0.300 e. The Morgan fingerprint density at radius 1 is 1.11 bits per heavy atom. The van der Waals surface area contributed by atoms with E-state index in [1.165, 1.54) is 5.56 Å². The summed E-state index contributed by atoms with van der Waals surface area (Å²) >= 11 is 0. The van der Waals surface area contributed by atoms with Crippen LogP contribution < -0.4 is 10.1 Å². The van der Waals surface area contributed by atoms with Crippen LogP contribution in [0.3, 0.4) is 0 Å². The second-order valence-electron chi connectivity index (χ2n) is 4.34. The summed E-state index contributed by atoms with van der Waals surface area (Å²) in [5.74, 6) is 0.777. The Morgan fingerprint density at radius 3 is 2.63 bits per heavy atom. The van der Waals surface area contributed by atoms with E-state index in [9.17, 15) is 0 Å². The first-order chi connectivity index (χ1) is 9.35. The standard InChI is InChI=1S/C15H15N3O/c1-16-10-11-6-8-12(9-7-11)19-15-17-13-4-2-3-5-14(13)18-15/h2-9,16H,10H2,1H3,(H,17,18). The topological polar surface area (TPSA) is 49.9 Å². The summed E-state index contributed by atoms with van der Waals surface area (Å²) in [4.78, 5) is 7.51. The second kappa shape index (κ2) is 5.12. The van der Waals surface area contributed by atoms with Crippen LogP contribution in [0.25, 0.3) is 11.0 Å². The predicted molar refractivity (Wildman–Crippen MR) is 75.4 cm³/mol. The molecule has 0 aliphatic carbocycles. The number of ether oxygens (including phenoxy) is 1. The molecule has 0 aliphatic heterocycles. The Morgan fingerprint density at radius 2 is 1.89 bits per heavy atom. The van der Waals surface area contributed by atoms with Crippen LogP contribution in [0.15, 0.2) is 48.5 Å². The highest BCUT2D eigenvalue weighted by Gasteiger charge is 2.04. The van der Waals surface area contributed by atoms with Gasteiger partial charge in [0.25, 0.3) is 6.01 Å². The molecule has 0 spiro atoms. The van der Waals surface area contributed by atoms with Crippen molar-refractivity contribution in [3.63, 3.8) is 0 Å². The molecule has 0 fully saturated rings. The number of H-pyrrole nitrogens is 1. The Bertz CT molecular complexity index is 640. The van der Waals surface area contributed by atoms with Crippen molar-refractivity contribution in [3.8, 4) is 11.8 Å². The summed E-state index contributed by atoms with van der Waals surface area (Å²) in [6, 6.07) is 16.3. The zero-order valence-corrected chi connectivity index (χ0v) is 10.7.